The number of hydrogen-bond donors (Lipinski definition) is 4. The second-order valence-corrected chi connectivity index (χ2v) is 14.9. The first-order valence-electron chi connectivity index (χ1n) is 19.2. The summed E-state index contributed by atoms with van der Waals surface area (Å²) in [6.07, 6.45) is 13.2. The van der Waals surface area contributed by atoms with E-state index in [1.165, 1.54) is 25.3 Å². The van der Waals surface area contributed by atoms with Crippen LogP contribution in [0.4, 0.5) is 0 Å². The summed E-state index contributed by atoms with van der Waals surface area (Å²) in [5.74, 6) is -0.491. The van der Waals surface area contributed by atoms with Crippen LogP contribution in [0.3, 0.4) is 0 Å². The molecule has 2 aliphatic heterocycles. The summed E-state index contributed by atoms with van der Waals surface area (Å²) in [4.78, 5) is 56.5. The lowest BCUT2D eigenvalue weighted by Crippen LogP contribution is -2.24. The fraction of sp³-hybridized carbons (Fsp3) is 0.535. The topological polar surface area (TPSA) is 142 Å². The van der Waals surface area contributed by atoms with Crippen molar-refractivity contribution in [2.24, 2.45) is 0 Å². The Kier molecular flexibility index (Phi) is 13.9. The number of aromatic nitrogens is 2. The molecule has 4 heterocycles. The van der Waals surface area contributed by atoms with Crippen molar-refractivity contribution in [2.45, 2.75) is 138 Å². The Balaban J connectivity index is 1.81. The minimum Gasteiger partial charge on any atom is -0.469 e. The van der Waals surface area contributed by atoms with E-state index < -0.39 is 5.41 Å². The maximum Gasteiger partial charge on any atom is 0.305 e. The molecule has 2 aromatic rings. The Labute approximate surface area is 315 Å². The van der Waals surface area contributed by atoms with Gasteiger partial charge in [-0.25, -0.2) is 0 Å². The van der Waals surface area contributed by atoms with Gasteiger partial charge in [0.1, 0.15) is 0 Å². The highest BCUT2D eigenvalue weighted by molar-refractivity contribution is 6.01. The fourth-order valence-corrected chi connectivity index (χ4v) is 7.82. The SMILES string of the molecule is CCC1=C(C)C(=O)N/C1=C\c1[nH]c(C(C)(C)c2[nH]c(/C=C3\NC(=O)C(C)=C3CC)c(C)c2CCCCCC(=O)OC)c(CCCCCC(=O)OC)c1C. The number of aromatic amines is 2. The predicted octanol–water partition coefficient (Wildman–Crippen LogP) is 8.23. The number of methoxy groups -OCH3 is 2. The summed E-state index contributed by atoms with van der Waals surface area (Å²) in [5, 5.41) is 6.16. The maximum absolute atomic E-state index is 12.7. The van der Waals surface area contributed by atoms with Gasteiger partial charge in [0, 0.05) is 63.6 Å². The first kappa shape index (κ1) is 41.2. The van der Waals surface area contributed by atoms with E-state index in [4.69, 9.17) is 9.47 Å². The normalized spacial score (nSPS) is 16.3. The Morgan fingerprint density at radius 1 is 0.623 bits per heavy atom. The van der Waals surface area contributed by atoms with E-state index in [1.807, 2.05) is 13.8 Å². The van der Waals surface area contributed by atoms with Gasteiger partial charge in [-0.05, 0) is 138 Å². The number of unbranched alkanes of at least 4 members (excludes halogenated alkanes) is 4. The van der Waals surface area contributed by atoms with E-state index in [1.54, 1.807) is 0 Å². The molecule has 0 aliphatic carbocycles. The summed E-state index contributed by atoms with van der Waals surface area (Å²) in [6, 6.07) is 0. The first-order chi connectivity index (χ1) is 25.2. The molecular weight excluding hydrogens is 668 g/mol. The van der Waals surface area contributed by atoms with E-state index >= 15 is 0 Å². The standard InChI is InChI=1S/C43H60N4O6/c1-11-29-27(5)41(50)46-35(29)23-33-25(3)31(19-15-13-17-21-37(48)52-9)39(44-33)43(7,8)40-32(20-16-14-18-22-38(49)53-10)26(4)34(45-40)24-36-30(12-2)28(6)42(51)47-36/h23-24,44-45H,11-22H2,1-10H3,(H,46,50)(H,47,51)/b35-23-,36-24-. The van der Waals surface area contributed by atoms with Crippen LogP contribution in [0.25, 0.3) is 12.2 Å². The van der Waals surface area contributed by atoms with E-state index in [9.17, 15) is 19.2 Å². The summed E-state index contributed by atoms with van der Waals surface area (Å²) in [5.41, 5.74) is 13.6. The molecule has 288 valence electrons. The number of esters is 2. The number of amides is 2. The van der Waals surface area contributed by atoms with Crippen LogP contribution in [0.1, 0.15) is 151 Å². The molecule has 0 fully saturated rings. The highest BCUT2D eigenvalue weighted by Crippen LogP contribution is 2.41. The average molecular weight is 729 g/mol. The Morgan fingerprint density at radius 2 is 1.00 bits per heavy atom. The summed E-state index contributed by atoms with van der Waals surface area (Å²) in [7, 11) is 2.85. The van der Waals surface area contributed by atoms with Gasteiger partial charge in [-0.1, -0.05) is 26.7 Å². The number of carbonyl (C=O) groups is 4. The van der Waals surface area contributed by atoms with Crippen molar-refractivity contribution >= 4 is 35.9 Å². The number of H-pyrrole nitrogens is 2. The molecule has 0 saturated carbocycles. The van der Waals surface area contributed by atoms with Gasteiger partial charge in [-0.15, -0.1) is 0 Å². The van der Waals surface area contributed by atoms with Crippen LogP contribution in [-0.4, -0.2) is 47.9 Å². The summed E-state index contributed by atoms with van der Waals surface area (Å²) < 4.78 is 9.71. The largest absolute Gasteiger partial charge is 0.469 e. The molecule has 2 aliphatic rings. The van der Waals surface area contributed by atoms with Gasteiger partial charge in [-0.2, -0.15) is 0 Å². The van der Waals surface area contributed by atoms with Crippen molar-refractivity contribution in [2.75, 3.05) is 14.2 Å². The van der Waals surface area contributed by atoms with Gasteiger partial charge >= 0.3 is 11.9 Å². The van der Waals surface area contributed by atoms with Gasteiger partial charge in [0.2, 0.25) is 0 Å². The van der Waals surface area contributed by atoms with Crippen LogP contribution in [0.2, 0.25) is 0 Å². The van der Waals surface area contributed by atoms with E-state index in [0.717, 1.165) is 132 Å². The molecule has 0 spiro atoms. The summed E-state index contributed by atoms with van der Waals surface area (Å²) in [6.45, 7) is 16.7. The lowest BCUT2D eigenvalue weighted by Gasteiger charge is -2.27. The quantitative estimate of drug-likeness (QED) is 0.0900. The van der Waals surface area contributed by atoms with Gasteiger partial charge in [0.05, 0.1) is 14.2 Å². The molecule has 0 unspecified atom stereocenters. The number of hydrogen-bond acceptors (Lipinski definition) is 6. The fourth-order valence-electron chi connectivity index (χ4n) is 7.82. The molecule has 2 amide bonds. The molecule has 0 saturated heterocycles. The number of carbonyl (C=O) groups excluding carboxylic acids is 4. The van der Waals surface area contributed by atoms with Crippen molar-refractivity contribution < 1.29 is 28.7 Å². The molecule has 0 radical (unpaired) electrons. The van der Waals surface area contributed by atoms with E-state index in [2.05, 4.69) is 74.3 Å². The highest BCUT2D eigenvalue weighted by atomic mass is 16.5. The van der Waals surface area contributed by atoms with Gasteiger partial charge in [-0.3, -0.25) is 19.2 Å². The molecule has 4 N–H and O–H groups in total. The Morgan fingerprint density at radius 3 is 1.34 bits per heavy atom. The zero-order valence-corrected chi connectivity index (χ0v) is 33.6. The molecule has 0 aromatic carbocycles. The monoisotopic (exact) mass is 728 g/mol. The van der Waals surface area contributed by atoms with Crippen molar-refractivity contribution in [3.8, 4) is 0 Å². The molecule has 10 heteroatoms. The molecule has 4 rings (SSSR count). The zero-order chi connectivity index (χ0) is 39.0. The van der Waals surface area contributed by atoms with Crippen LogP contribution in [-0.2, 0) is 46.9 Å². The Bertz CT molecular complexity index is 1730. The van der Waals surface area contributed by atoms with Crippen LogP contribution >= 0.6 is 0 Å². The van der Waals surface area contributed by atoms with Crippen LogP contribution in [0.5, 0.6) is 0 Å². The number of ether oxygens (including phenoxy) is 2. The number of nitrogens with one attached hydrogen (secondary N) is 4. The van der Waals surface area contributed by atoms with Gasteiger partial charge in [0.15, 0.2) is 0 Å². The van der Waals surface area contributed by atoms with E-state index in [-0.39, 0.29) is 23.8 Å². The van der Waals surface area contributed by atoms with Gasteiger partial charge in [0.25, 0.3) is 11.8 Å². The third kappa shape index (κ3) is 9.14. The Hall–Kier alpha value is -4.60. The molecule has 0 atom stereocenters. The van der Waals surface area contributed by atoms with E-state index in [0.29, 0.717) is 12.8 Å². The van der Waals surface area contributed by atoms with Crippen LogP contribution < -0.4 is 10.6 Å². The zero-order valence-electron chi connectivity index (χ0n) is 33.6. The predicted molar refractivity (Wildman–Crippen MR) is 210 cm³/mol. The molecule has 2 aromatic heterocycles. The van der Waals surface area contributed by atoms with Crippen molar-refractivity contribution in [1.82, 2.24) is 20.6 Å². The first-order valence-corrected chi connectivity index (χ1v) is 19.2. The molecule has 0 bridgehead atoms. The van der Waals surface area contributed by atoms with Crippen molar-refractivity contribution in [1.29, 1.82) is 0 Å². The lowest BCUT2D eigenvalue weighted by atomic mass is 9.79. The third-order valence-electron chi connectivity index (χ3n) is 11.2. The lowest BCUT2D eigenvalue weighted by molar-refractivity contribution is -0.141. The van der Waals surface area contributed by atoms with Gasteiger partial charge < -0.3 is 30.1 Å². The number of allylic oxidation sites excluding steroid dienone is 2. The minimum absolute atomic E-state index is 0.0573. The second kappa shape index (κ2) is 18.0. The van der Waals surface area contributed by atoms with Crippen LogP contribution in [0, 0.1) is 13.8 Å². The maximum atomic E-state index is 12.7. The molecule has 10 nitrogen and oxygen atoms in total. The molecule has 53 heavy (non-hydrogen) atoms. The average Bonchev–Trinajstić information content (AvgIpc) is 3.80. The van der Waals surface area contributed by atoms with Crippen molar-refractivity contribution in [3.05, 3.63) is 78.7 Å². The second-order valence-electron chi connectivity index (χ2n) is 14.9. The molecular formula is C43H60N4O6. The smallest absolute Gasteiger partial charge is 0.305 e. The minimum atomic E-state index is -0.498. The highest BCUT2D eigenvalue weighted by Gasteiger charge is 2.35. The number of rotatable bonds is 18. The van der Waals surface area contributed by atoms with Crippen LogP contribution in [0.15, 0.2) is 33.7 Å². The third-order valence-corrected chi connectivity index (χ3v) is 11.2. The van der Waals surface area contributed by atoms with Crippen molar-refractivity contribution in [3.63, 3.8) is 0 Å². The summed E-state index contributed by atoms with van der Waals surface area (Å²) >= 11 is 0.